The lowest BCUT2D eigenvalue weighted by atomic mass is 10.2. The molecule has 0 spiro atoms. The van der Waals surface area contributed by atoms with Crippen molar-refractivity contribution in [1.82, 2.24) is 4.90 Å². The predicted molar refractivity (Wildman–Crippen MR) is 60.2 cm³/mol. The van der Waals surface area contributed by atoms with E-state index < -0.39 is 5.97 Å². The maximum absolute atomic E-state index is 11.5. The zero-order chi connectivity index (χ0) is 12.8. The van der Waals surface area contributed by atoms with Crippen LogP contribution >= 0.6 is 0 Å². The molecular weight excluding hydrogens is 210 g/mol. The van der Waals surface area contributed by atoms with Gasteiger partial charge in [-0.25, -0.2) is 0 Å². The molecule has 0 heterocycles. The SMILES string of the molecule is CN(CCCC(=O)O)C(=O)COC(C)(C)C. The Bertz CT molecular complexity index is 245. The van der Waals surface area contributed by atoms with Gasteiger partial charge in [0.25, 0.3) is 0 Å². The number of carboxylic acids is 1. The standard InChI is InChI=1S/C11H21NO4/c1-11(2,3)16-8-9(13)12(4)7-5-6-10(14)15/h5-8H2,1-4H3,(H,14,15). The molecule has 0 aliphatic rings. The van der Waals surface area contributed by atoms with Crippen molar-refractivity contribution < 1.29 is 19.4 Å². The molecule has 0 atom stereocenters. The summed E-state index contributed by atoms with van der Waals surface area (Å²) in [4.78, 5) is 23.3. The largest absolute Gasteiger partial charge is 0.481 e. The first-order valence-electron chi connectivity index (χ1n) is 5.32. The smallest absolute Gasteiger partial charge is 0.303 e. The van der Waals surface area contributed by atoms with Gasteiger partial charge in [-0.2, -0.15) is 0 Å². The van der Waals surface area contributed by atoms with Gasteiger partial charge in [-0.1, -0.05) is 0 Å². The maximum atomic E-state index is 11.5. The number of nitrogens with zero attached hydrogens (tertiary/aromatic N) is 1. The van der Waals surface area contributed by atoms with Gasteiger partial charge in [0.15, 0.2) is 0 Å². The summed E-state index contributed by atoms with van der Waals surface area (Å²) >= 11 is 0. The molecule has 94 valence electrons. The van der Waals surface area contributed by atoms with Gasteiger partial charge in [0, 0.05) is 20.0 Å². The van der Waals surface area contributed by atoms with Crippen LogP contribution in [-0.2, 0) is 14.3 Å². The fourth-order valence-electron chi connectivity index (χ4n) is 0.981. The van der Waals surface area contributed by atoms with Crippen LogP contribution in [0.2, 0.25) is 0 Å². The number of amides is 1. The van der Waals surface area contributed by atoms with Gasteiger partial charge >= 0.3 is 5.97 Å². The number of carbonyl (C=O) groups excluding carboxylic acids is 1. The van der Waals surface area contributed by atoms with E-state index in [1.807, 2.05) is 20.8 Å². The summed E-state index contributed by atoms with van der Waals surface area (Å²) in [6.07, 6.45) is 0.546. The highest BCUT2D eigenvalue weighted by molar-refractivity contribution is 5.77. The normalized spacial score (nSPS) is 11.2. The summed E-state index contributed by atoms with van der Waals surface area (Å²) < 4.78 is 5.33. The molecule has 0 fully saturated rings. The topological polar surface area (TPSA) is 66.8 Å². The highest BCUT2D eigenvalue weighted by Gasteiger charge is 2.15. The van der Waals surface area contributed by atoms with Crippen molar-refractivity contribution in [3.8, 4) is 0 Å². The molecule has 0 unspecified atom stereocenters. The van der Waals surface area contributed by atoms with Crippen molar-refractivity contribution in [2.24, 2.45) is 0 Å². The van der Waals surface area contributed by atoms with Crippen LogP contribution < -0.4 is 0 Å². The fourth-order valence-corrected chi connectivity index (χ4v) is 0.981. The summed E-state index contributed by atoms with van der Waals surface area (Å²) in [5.74, 6) is -0.966. The Morgan fingerprint density at radius 1 is 1.31 bits per heavy atom. The molecule has 0 saturated heterocycles. The number of rotatable bonds is 6. The minimum Gasteiger partial charge on any atom is -0.481 e. The van der Waals surface area contributed by atoms with Crippen LogP contribution in [0.15, 0.2) is 0 Å². The Kier molecular flexibility index (Phi) is 6.03. The average Bonchev–Trinajstić information content (AvgIpc) is 2.12. The molecule has 5 heteroatoms. The summed E-state index contributed by atoms with van der Waals surface area (Å²) in [5, 5.41) is 8.45. The minimum atomic E-state index is -0.841. The third-order valence-electron chi connectivity index (χ3n) is 1.94. The lowest BCUT2D eigenvalue weighted by Gasteiger charge is -2.22. The molecular formula is C11H21NO4. The van der Waals surface area contributed by atoms with E-state index in [0.717, 1.165) is 0 Å². The molecule has 0 aromatic carbocycles. The van der Waals surface area contributed by atoms with E-state index in [-0.39, 0.29) is 24.5 Å². The molecule has 0 aromatic rings. The van der Waals surface area contributed by atoms with Gasteiger partial charge in [-0.05, 0) is 27.2 Å². The number of carbonyl (C=O) groups is 2. The quantitative estimate of drug-likeness (QED) is 0.744. The van der Waals surface area contributed by atoms with E-state index in [1.165, 1.54) is 4.90 Å². The third-order valence-corrected chi connectivity index (χ3v) is 1.94. The van der Waals surface area contributed by atoms with Gasteiger partial charge in [-0.15, -0.1) is 0 Å². The summed E-state index contributed by atoms with van der Waals surface area (Å²) in [5.41, 5.74) is -0.336. The number of ether oxygens (including phenoxy) is 1. The Hall–Kier alpha value is -1.10. The summed E-state index contributed by atoms with van der Waals surface area (Å²) in [6, 6.07) is 0. The van der Waals surface area contributed by atoms with Crippen LogP contribution in [0.5, 0.6) is 0 Å². The molecule has 1 N–H and O–H groups in total. The van der Waals surface area contributed by atoms with Gasteiger partial charge < -0.3 is 14.7 Å². The fraction of sp³-hybridized carbons (Fsp3) is 0.818. The predicted octanol–water partition coefficient (Wildman–Crippen LogP) is 1.12. The summed E-state index contributed by atoms with van der Waals surface area (Å²) in [7, 11) is 1.65. The lowest BCUT2D eigenvalue weighted by Crippen LogP contribution is -2.34. The van der Waals surface area contributed by atoms with Crippen LogP contribution in [0, 0.1) is 0 Å². The Morgan fingerprint density at radius 3 is 2.31 bits per heavy atom. The first-order valence-corrected chi connectivity index (χ1v) is 5.32. The molecule has 0 aromatic heterocycles. The Morgan fingerprint density at radius 2 is 1.88 bits per heavy atom. The average molecular weight is 231 g/mol. The second kappa shape index (κ2) is 6.48. The van der Waals surface area contributed by atoms with Gasteiger partial charge in [0.1, 0.15) is 6.61 Å². The van der Waals surface area contributed by atoms with Crippen molar-refractivity contribution in [2.75, 3.05) is 20.2 Å². The molecule has 1 amide bonds. The second-order valence-corrected chi connectivity index (χ2v) is 4.71. The van der Waals surface area contributed by atoms with Gasteiger partial charge in [0.05, 0.1) is 5.60 Å². The number of likely N-dealkylation sites (N-methyl/N-ethyl adjacent to an activating group) is 1. The van der Waals surface area contributed by atoms with Crippen molar-refractivity contribution in [3.63, 3.8) is 0 Å². The van der Waals surface area contributed by atoms with Crippen molar-refractivity contribution >= 4 is 11.9 Å². The van der Waals surface area contributed by atoms with Gasteiger partial charge in [-0.3, -0.25) is 9.59 Å². The van der Waals surface area contributed by atoms with Crippen LogP contribution in [0.1, 0.15) is 33.6 Å². The van der Waals surface area contributed by atoms with Crippen LogP contribution in [0.25, 0.3) is 0 Å². The molecule has 16 heavy (non-hydrogen) atoms. The van der Waals surface area contributed by atoms with Crippen LogP contribution in [0.4, 0.5) is 0 Å². The summed E-state index contributed by atoms with van der Waals surface area (Å²) in [6.45, 7) is 6.12. The Labute approximate surface area is 96.4 Å². The van der Waals surface area contributed by atoms with E-state index in [0.29, 0.717) is 13.0 Å². The van der Waals surface area contributed by atoms with Crippen molar-refractivity contribution in [3.05, 3.63) is 0 Å². The highest BCUT2D eigenvalue weighted by atomic mass is 16.5. The third kappa shape index (κ3) is 8.23. The van der Waals surface area contributed by atoms with Crippen molar-refractivity contribution in [2.45, 2.75) is 39.2 Å². The van der Waals surface area contributed by atoms with E-state index in [2.05, 4.69) is 0 Å². The van der Waals surface area contributed by atoms with Crippen LogP contribution in [-0.4, -0.2) is 47.7 Å². The molecule has 0 saturated carbocycles. The molecule has 0 rings (SSSR count). The van der Waals surface area contributed by atoms with E-state index in [1.54, 1.807) is 7.05 Å². The molecule has 0 aliphatic heterocycles. The van der Waals surface area contributed by atoms with E-state index in [9.17, 15) is 9.59 Å². The minimum absolute atomic E-state index is 0.0348. The molecule has 0 aliphatic carbocycles. The number of aliphatic carboxylic acids is 1. The number of hydrogen-bond donors (Lipinski definition) is 1. The monoisotopic (exact) mass is 231 g/mol. The number of hydrogen-bond acceptors (Lipinski definition) is 3. The lowest BCUT2D eigenvalue weighted by molar-refractivity contribution is -0.141. The number of carboxylic acid groups (broad SMARTS) is 1. The first-order chi connectivity index (χ1) is 7.22. The molecule has 5 nitrogen and oxygen atoms in total. The van der Waals surface area contributed by atoms with E-state index in [4.69, 9.17) is 9.84 Å². The second-order valence-electron chi connectivity index (χ2n) is 4.71. The molecule has 0 radical (unpaired) electrons. The van der Waals surface area contributed by atoms with Crippen molar-refractivity contribution in [1.29, 1.82) is 0 Å². The zero-order valence-corrected chi connectivity index (χ0v) is 10.4. The highest BCUT2D eigenvalue weighted by Crippen LogP contribution is 2.06. The maximum Gasteiger partial charge on any atom is 0.303 e. The van der Waals surface area contributed by atoms with E-state index >= 15 is 0 Å². The Balaban J connectivity index is 3.78. The molecule has 0 bridgehead atoms. The first kappa shape index (κ1) is 14.9. The van der Waals surface area contributed by atoms with Crippen LogP contribution in [0.3, 0.4) is 0 Å². The van der Waals surface area contributed by atoms with Gasteiger partial charge in [0.2, 0.25) is 5.91 Å². The zero-order valence-electron chi connectivity index (χ0n) is 10.4.